The Morgan fingerprint density at radius 2 is 0.947 bits per heavy atom. The molecule has 3 aliphatic rings. The first-order valence-corrected chi connectivity index (χ1v) is 34.6. The number of unbranched alkanes of at least 4 members (excludes halogenated alkanes) is 8. The molecule has 0 unspecified atom stereocenters. The quantitative estimate of drug-likeness (QED) is 0.00591. The van der Waals surface area contributed by atoms with Crippen LogP contribution in [0.4, 0.5) is 11.4 Å². The number of alkyl halides is 1. The Hall–Kier alpha value is -7.68. The first kappa shape index (κ1) is 78.0. The Balaban J connectivity index is 0.000000257. The van der Waals surface area contributed by atoms with E-state index in [4.69, 9.17) is 15.8 Å². The van der Waals surface area contributed by atoms with Crippen LogP contribution in [0, 0.1) is 0 Å². The molecule has 0 saturated carbocycles. The van der Waals surface area contributed by atoms with Crippen LogP contribution in [0.15, 0.2) is 109 Å². The third kappa shape index (κ3) is 24.2. The topological polar surface area (TPSA) is 306 Å². The minimum absolute atomic E-state index is 0.0860. The molecule has 514 valence electrons. The van der Waals surface area contributed by atoms with E-state index in [0.717, 1.165) is 142 Å². The smallest absolute Gasteiger partial charge is 0.423 e. The van der Waals surface area contributed by atoms with Crippen LogP contribution in [0.5, 0.6) is 0 Å². The number of rotatable bonds is 38. The van der Waals surface area contributed by atoms with Gasteiger partial charge in [0.15, 0.2) is 0 Å². The molecular formula is C71H99BBrN11O11. The van der Waals surface area contributed by atoms with Gasteiger partial charge in [0.1, 0.15) is 0 Å². The van der Waals surface area contributed by atoms with Crippen molar-refractivity contribution in [3.05, 3.63) is 137 Å². The Morgan fingerprint density at radius 3 is 1.34 bits per heavy atom. The molecule has 7 amide bonds. The summed E-state index contributed by atoms with van der Waals surface area (Å²) >= 11 is 3.25. The van der Waals surface area contributed by atoms with Crippen molar-refractivity contribution >= 4 is 109 Å². The number of anilines is 2. The van der Waals surface area contributed by atoms with E-state index in [9.17, 15) is 38.4 Å². The van der Waals surface area contributed by atoms with Gasteiger partial charge in [0.25, 0.3) is 35.4 Å². The molecule has 22 nitrogen and oxygen atoms in total. The molecule has 11 N–H and O–H groups in total. The summed E-state index contributed by atoms with van der Waals surface area (Å²) in [5.41, 5.74) is 12.0. The summed E-state index contributed by atoms with van der Waals surface area (Å²) in [6.45, 7) is 25.4. The number of hydrogen-bond acceptors (Lipinski definition) is 18. The van der Waals surface area contributed by atoms with Crippen LogP contribution in [0.2, 0.25) is 0 Å². The zero-order valence-corrected chi connectivity index (χ0v) is 57.5. The van der Waals surface area contributed by atoms with Gasteiger partial charge in [-0.3, -0.25) is 43.4 Å². The molecule has 5 aromatic carbocycles. The van der Waals surface area contributed by atoms with Crippen molar-refractivity contribution in [2.24, 2.45) is 5.73 Å². The number of benzene rings is 5. The third-order valence-corrected chi connectivity index (χ3v) is 16.5. The predicted octanol–water partition coefficient (Wildman–Crippen LogP) is 7.86. The van der Waals surface area contributed by atoms with Crippen LogP contribution in [-0.4, -0.2) is 171 Å². The number of halogens is 1. The molecule has 0 atom stereocenters. The highest BCUT2D eigenvalue weighted by molar-refractivity contribution is 9.08. The number of carbonyl (C=O) groups is 8. The number of imide groups is 3. The Morgan fingerprint density at radius 1 is 0.526 bits per heavy atom. The zero-order valence-electron chi connectivity index (χ0n) is 55.9. The summed E-state index contributed by atoms with van der Waals surface area (Å²) in [7, 11) is -1.37. The number of nitrogens with two attached hydrogens (primary N) is 1. The van der Waals surface area contributed by atoms with Crippen molar-refractivity contribution in [1.82, 2.24) is 41.4 Å². The number of amides is 7. The largest absolute Gasteiger partial charge is 0.488 e. The maximum Gasteiger partial charge on any atom is 0.488 e. The highest BCUT2D eigenvalue weighted by atomic mass is 79.9. The molecule has 3 heterocycles. The normalized spacial score (nSPS) is 13.0. The molecule has 1 saturated heterocycles. The first-order chi connectivity index (χ1) is 45.9. The van der Waals surface area contributed by atoms with Crippen molar-refractivity contribution in [2.75, 3.05) is 102 Å². The Labute approximate surface area is 568 Å². The molecule has 24 heteroatoms. The minimum atomic E-state index is -1.37. The van der Waals surface area contributed by atoms with Gasteiger partial charge in [0.2, 0.25) is 5.91 Å². The van der Waals surface area contributed by atoms with Crippen molar-refractivity contribution in [3.8, 4) is 0 Å². The van der Waals surface area contributed by atoms with Gasteiger partial charge < -0.3 is 57.8 Å². The second-order valence-corrected chi connectivity index (χ2v) is 24.0. The number of nitrogens with zero attached hydrogens (tertiary/aromatic N) is 3. The molecule has 0 aliphatic carbocycles. The van der Waals surface area contributed by atoms with E-state index in [-0.39, 0.29) is 48.0 Å². The van der Waals surface area contributed by atoms with Gasteiger partial charge in [-0.15, -0.1) is 5.06 Å². The number of carbonyl (C=O) groups excluding carboxylic acids is 8. The van der Waals surface area contributed by atoms with E-state index < -0.39 is 24.9 Å². The molecule has 8 rings (SSSR count). The monoisotopic (exact) mass is 1370 g/mol. The van der Waals surface area contributed by atoms with E-state index >= 15 is 0 Å². The third-order valence-electron chi connectivity index (χ3n) is 15.9. The molecular weight excluding hydrogens is 1270 g/mol. The molecule has 5 aromatic rings. The lowest BCUT2D eigenvalue weighted by molar-refractivity contribution is -0.194. The van der Waals surface area contributed by atoms with Crippen LogP contribution in [0.3, 0.4) is 0 Å². The van der Waals surface area contributed by atoms with E-state index in [1.165, 1.54) is 55.2 Å². The van der Waals surface area contributed by atoms with Gasteiger partial charge in [-0.05, 0) is 126 Å². The van der Waals surface area contributed by atoms with E-state index in [2.05, 4.69) is 85.0 Å². The Kier molecular flexibility index (Phi) is 35.1. The highest BCUT2D eigenvalue weighted by Crippen LogP contribution is 2.36. The molecule has 0 spiro atoms. The van der Waals surface area contributed by atoms with E-state index in [0.29, 0.717) is 69.9 Å². The minimum Gasteiger partial charge on any atom is -0.423 e. The van der Waals surface area contributed by atoms with Crippen LogP contribution >= 0.6 is 15.9 Å². The second kappa shape index (κ2) is 42.7. The molecule has 1 fully saturated rings. The fourth-order valence-corrected chi connectivity index (χ4v) is 11.2. The summed E-state index contributed by atoms with van der Waals surface area (Å²) in [5, 5.41) is 45.7. The van der Waals surface area contributed by atoms with Crippen molar-refractivity contribution in [2.45, 2.75) is 123 Å². The van der Waals surface area contributed by atoms with Gasteiger partial charge in [0.05, 0.1) is 0 Å². The van der Waals surface area contributed by atoms with E-state index in [1.807, 2.05) is 72.8 Å². The lowest BCUT2D eigenvalue weighted by Crippen LogP contribution is -2.40. The molecule has 95 heavy (non-hydrogen) atoms. The fourth-order valence-electron chi connectivity index (χ4n) is 10.7. The highest BCUT2D eigenvalue weighted by Gasteiger charge is 2.35. The number of nitrogens with one attached hydrogen (secondary N) is 7. The lowest BCUT2D eigenvalue weighted by Gasteiger charge is -2.27. The van der Waals surface area contributed by atoms with Gasteiger partial charge in [-0.2, -0.15) is 0 Å². The summed E-state index contributed by atoms with van der Waals surface area (Å²) in [6, 6.07) is 26.2. The van der Waals surface area contributed by atoms with Crippen LogP contribution < -0.4 is 48.4 Å². The maximum absolute atomic E-state index is 13.0. The summed E-state index contributed by atoms with van der Waals surface area (Å²) in [5.74, 6) is -2.56. The van der Waals surface area contributed by atoms with E-state index in [1.54, 1.807) is 19.1 Å². The Bertz CT molecular complexity index is 3340. The van der Waals surface area contributed by atoms with Crippen LogP contribution in [0.25, 0.3) is 21.5 Å². The summed E-state index contributed by atoms with van der Waals surface area (Å²) < 4.78 is 0. The molecule has 0 bridgehead atoms. The average Bonchev–Trinajstić information content (AvgIpc) is 0.966. The van der Waals surface area contributed by atoms with Crippen molar-refractivity contribution in [1.29, 1.82) is 0 Å². The summed E-state index contributed by atoms with van der Waals surface area (Å²) in [6.07, 6.45) is 13.2. The van der Waals surface area contributed by atoms with Gasteiger partial charge in [0, 0.05) is 150 Å². The molecule has 0 radical (unpaired) electrons. The zero-order chi connectivity index (χ0) is 69.1. The second-order valence-electron chi connectivity index (χ2n) is 23.5. The fraction of sp³-hybridized carbons (Fsp3) is 0.465. The van der Waals surface area contributed by atoms with Gasteiger partial charge in [-0.25, -0.2) is 4.79 Å². The van der Waals surface area contributed by atoms with Crippen molar-refractivity contribution < 1.29 is 53.2 Å². The summed E-state index contributed by atoms with van der Waals surface area (Å²) in [4.78, 5) is 103. The molecule has 0 aromatic heterocycles. The average molecular weight is 1370 g/mol. The standard InChI is InChI=1S/C30H43N5O3.C26H39N5O2.C8H9NO4.C7H8BBrO2/c1-4-5-21-35-29(37)24-12-10-11-23-26(14-13-25(27(23)24)30(35)38)33-19-17-31-15-8-6-7-9-16-32-18-20-34-28(36)22(2)3;1-2-3-19-31-25(32)21-10-8-9-20-23(12-11-22(24(20)21)26(31)33)30-18-17-29-15-7-5-4-6-14-28-16-13-27;1-5(2)8(12)13-9-6(10)3-4-7(9)11;9-5-6-3-1-2-4-7(6)8(10)11/h10-14,31-33H,2,4-9,15-21H2,1,3H3,(H,34,36);8-12,28-30H,2-7,13-19,27H2,1H3;1,3-4H2,2H3;1-4,10-11H,5H2. The first-order valence-electron chi connectivity index (χ1n) is 33.4. The SMILES string of the molecule is C=C(C)C(=O)NCCNCCCCCCNCCNc1ccc2c3c(cccc13)C(=O)N(CCCC)C2=O.C=C(C)C(=O)ON1C(=O)CCC1=O.CCCCN1C(=O)c2cccc3c(NCCNCCCCCCNCCN)ccc(c23)C1=O.OB(O)c1ccccc1CBr. The van der Waals surface area contributed by atoms with Crippen LogP contribution in [0.1, 0.15) is 165 Å². The predicted molar refractivity (Wildman–Crippen MR) is 382 cm³/mol. The molecule has 3 aliphatic heterocycles. The maximum atomic E-state index is 13.0. The van der Waals surface area contributed by atoms with Gasteiger partial charge >= 0.3 is 13.1 Å². The van der Waals surface area contributed by atoms with Crippen LogP contribution in [-0.2, 0) is 29.3 Å². The lowest BCUT2D eigenvalue weighted by atomic mass is 9.77. The number of hydroxylamine groups is 2. The van der Waals surface area contributed by atoms with Crippen molar-refractivity contribution in [3.63, 3.8) is 0 Å². The number of hydrogen-bond donors (Lipinski definition) is 10. The van der Waals surface area contributed by atoms with Gasteiger partial charge in [-0.1, -0.05) is 130 Å².